The Morgan fingerprint density at radius 2 is 0.767 bits per heavy atom. The molecule has 0 aromatic heterocycles. The number of carbonyl (C=O) groups is 2. The van der Waals surface area contributed by atoms with Crippen molar-refractivity contribution in [3.63, 3.8) is 0 Å². The van der Waals surface area contributed by atoms with Crippen molar-refractivity contribution in [1.29, 1.82) is 0 Å². The number of halogens is 2. The Bertz CT molecular complexity index is 1850. The van der Waals surface area contributed by atoms with Gasteiger partial charge in [-0.1, -0.05) is 84.9 Å². The van der Waals surface area contributed by atoms with Gasteiger partial charge in [0, 0.05) is 22.3 Å². The van der Waals surface area contributed by atoms with E-state index in [2.05, 4.69) is 24.3 Å². The molecule has 0 fully saturated rings. The number of ketones is 2. The summed E-state index contributed by atoms with van der Waals surface area (Å²) in [5.41, 5.74) is 6.64. The molecule has 0 unspecified atom stereocenters. The second kappa shape index (κ2) is 10.4. The molecule has 2 nitrogen and oxygen atoms in total. The van der Waals surface area contributed by atoms with Crippen molar-refractivity contribution in [2.75, 3.05) is 0 Å². The fourth-order valence-electron chi connectivity index (χ4n) is 6.31. The predicted molar refractivity (Wildman–Crippen MR) is 163 cm³/mol. The number of hydrogen-bond acceptors (Lipinski definition) is 2. The summed E-state index contributed by atoms with van der Waals surface area (Å²) in [4.78, 5) is 27.3. The van der Waals surface area contributed by atoms with Crippen molar-refractivity contribution in [3.8, 4) is 11.1 Å². The Hall–Kier alpha value is -5.48. The molecule has 1 aliphatic carbocycles. The molecule has 6 aromatic rings. The van der Waals surface area contributed by atoms with E-state index in [0.717, 1.165) is 33.4 Å². The van der Waals surface area contributed by atoms with Crippen LogP contribution in [0, 0.1) is 11.6 Å². The summed E-state index contributed by atoms with van der Waals surface area (Å²) in [6.45, 7) is 0. The number of hydrogen-bond donors (Lipinski definition) is 0. The van der Waals surface area contributed by atoms with Crippen LogP contribution in [0.4, 0.5) is 8.78 Å². The van der Waals surface area contributed by atoms with E-state index in [4.69, 9.17) is 0 Å². The molecule has 0 radical (unpaired) electrons. The summed E-state index contributed by atoms with van der Waals surface area (Å²) in [7, 11) is 0. The zero-order valence-electron chi connectivity index (χ0n) is 22.9. The van der Waals surface area contributed by atoms with Gasteiger partial charge >= 0.3 is 0 Å². The van der Waals surface area contributed by atoms with E-state index in [1.807, 2.05) is 60.7 Å². The van der Waals surface area contributed by atoms with Gasteiger partial charge in [-0.2, -0.15) is 0 Å². The Kier molecular flexibility index (Phi) is 6.40. The summed E-state index contributed by atoms with van der Waals surface area (Å²) in [6, 6.07) is 42.6. The molecule has 0 saturated heterocycles. The molecular formula is C39H24F2O2. The van der Waals surface area contributed by atoms with Crippen molar-refractivity contribution in [1.82, 2.24) is 0 Å². The van der Waals surface area contributed by atoms with E-state index >= 15 is 0 Å². The van der Waals surface area contributed by atoms with E-state index in [9.17, 15) is 18.4 Å². The molecule has 206 valence electrons. The molecule has 0 heterocycles. The van der Waals surface area contributed by atoms with Gasteiger partial charge in [-0.3, -0.25) is 9.59 Å². The Labute approximate surface area is 247 Å². The van der Waals surface area contributed by atoms with E-state index < -0.39 is 17.0 Å². The Morgan fingerprint density at radius 1 is 0.419 bits per heavy atom. The van der Waals surface area contributed by atoms with E-state index in [1.165, 1.54) is 48.5 Å². The zero-order chi connectivity index (χ0) is 29.6. The molecule has 4 heteroatoms. The SMILES string of the molecule is O=C(c1ccc(F)cc1)c1ccc2c(c1)C(c1ccccc1)(c1ccccc1)c1cc(C(=O)c3ccc(F)cc3)ccc1-2. The van der Waals surface area contributed by atoms with E-state index in [1.54, 1.807) is 12.1 Å². The topological polar surface area (TPSA) is 34.1 Å². The molecule has 0 spiro atoms. The quantitative estimate of drug-likeness (QED) is 0.190. The molecule has 0 aliphatic heterocycles. The van der Waals surface area contributed by atoms with Gasteiger partial charge in [0.05, 0.1) is 5.41 Å². The second-order valence-corrected chi connectivity index (χ2v) is 10.7. The van der Waals surface area contributed by atoms with Crippen LogP contribution in [0.3, 0.4) is 0 Å². The van der Waals surface area contributed by atoms with E-state index in [0.29, 0.717) is 22.3 Å². The van der Waals surface area contributed by atoms with Crippen molar-refractivity contribution in [3.05, 3.63) is 202 Å². The number of carbonyl (C=O) groups excluding carboxylic acids is 2. The van der Waals surface area contributed by atoms with Gasteiger partial charge in [0.2, 0.25) is 0 Å². The van der Waals surface area contributed by atoms with Gasteiger partial charge in [-0.05, 0) is 94.0 Å². The summed E-state index contributed by atoms with van der Waals surface area (Å²) >= 11 is 0. The number of fused-ring (bicyclic) bond motifs is 3. The number of benzene rings is 6. The molecule has 7 rings (SSSR count). The van der Waals surface area contributed by atoms with Gasteiger partial charge in [0.15, 0.2) is 11.6 Å². The fraction of sp³-hybridized carbons (Fsp3) is 0.0256. The van der Waals surface area contributed by atoms with Crippen molar-refractivity contribution in [2.45, 2.75) is 5.41 Å². The third-order valence-corrected chi connectivity index (χ3v) is 8.29. The summed E-state index contributed by atoms with van der Waals surface area (Å²) in [5.74, 6) is -1.22. The first-order chi connectivity index (χ1) is 21.0. The molecule has 0 N–H and O–H groups in total. The summed E-state index contributed by atoms with van der Waals surface area (Å²) in [6.07, 6.45) is 0. The van der Waals surface area contributed by atoms with Crippen LogP contribution in [0.1, 0.15) is 54.1 Å². The van der Waals surface area contributed by atoms with Gasteiger partial charge in [0.25, 0.3) is 0 Å². The maximum Gasteiger partial charge on any atom is 0.193 e. The first-order valence-electron chi connectivity index (χ1n) is 14.0. The molecule has 6 aromatic carbocycles. The smallest absolute Gasteiger partial charge is 0.193 e. The summed E-state index contributed by atoms with van der Waals surface area (Å²) in [5, 5.41) is 0. The summed E-state index contributed by atoms with van der Waals surface area (Å²) < 4.78 is 27.2. The van der Waals surface area contributed by atoms with Crippen LogP contribution >= 0.6 is 0 Å². The lowest BCUT2D eigenvalue weighted by atomic mass is 9.67. The first kappa shape index (κ1) is 26.4. The van der Waals surface area contributed by atoms with Gasteiger partial charge in [0.1, 0.15) is 11.6 Å². The average molecular weight is 563 g/mol. The first-order valence-corrected chi connectivity index (χ1v) is 14.0. The Morgan fingerprint density at radius 3 is 1.14 bits per heavy atom. The zero-order valence-corrected chi connectivity index (χ0v) is 22.9. The van der Waals surface area contributed by atoms with Crippen LogP contribution < -0.4 is 0 Å². The normalized spacial score (nSPS) is 12.8. The van der Waals surface area contributed by atoms with Gasteiger partial charge in [-0.25, -0.2) is 8.78 Å². The van der Waals surface area contributed by atoms with Gasteiger partial charge in [-0.15, -0.1) is 0 Å². The minimum absolute atomic E-state index is 0.207. The van der Waals surface area contributed by atoms with Crippen molar-refractivity contribution >= 4 is 11.6 Å². The highest BCUT2D eigenvalue weighted by Gasteiger charge is 2.46. The van der Waals surface area contributed by atoms with Crippen LogP contribution in [0.25, 0.3) is 11.1 Å². The fourth-order valence-corrected chi connectivity index (χ4v) is 6.31. The molecule has 1 aliphatic rings. The van der Waals surface area contributed by atoms with Crippen LogP contribution in [0.15, 0.2) is 146 Å². The maximum atomic E-state index is 13.6. The molecule has 43 heavy (non-hydrogen) atoms. The van der Waals surface area contributed by atoms with Crippen molar-refractivity contribution < 1.29 is 18.4 Å². The lowest BCUT2D eigenvalue weighted by Crippen LogP contribution is -2.29. The monoisotopic (exact) mass is 562 g/mol. The van der Waals surface area contributed by atoms with E-state index in [-0.39, 0.29) is 11.6 Å². The molecule has 0 amide bonds. The van der Waals surface area contributed by atoms with Crippen LogP contribution in [0.5, 0.6) is 0 Å². The highest BCUT2D eigenvalue weighted by atomic mass is 19.1. The largest absolute Gasteiger partial charge is 0.289 e. The highest BCUT2D eigenvalue weighted by molar-refractivity contribution is 6.11. The number of rotatable bonds is 6. The molecule has 0 atom stereocenters. The second-order valence-electron chi connectivity index (χ2n) is 10.7. The van der Waals surface area contributed by atoms with Crippen LogP contribution in [-0.2, 0) is 5.41 Å². The van der Waals surface area contributed by atoms with Crippen molar-refractivity contribution in [2.24, 2.45) is 0 Å². The third-order valence-electron chi connectivity index (χ3n) is 8.29. The van der Waals surface area contributed by atoms with Crippen LogP contribution in [0.2, 0.25) is 0 Å². The maximum absolute atomic E-state index is 13.6. The molecule has 0 bridgehead atoms. The molecular weight excluding hydrogens is 538 g/mol. The Balaban J connectivity index is 1.49. The third kappa shape index (κ3) is 4.31. The minimum Gasteiger partial charge on any atom is -0.289 e. The average Bonchev–Trinajstić information content (AvgIpc) is 3.35. The molecule has 0 saturated carbocycles. The minimum atomic E-state index is -0.842. The lowest BCUT2D eigenvalue weighted by molar-refractivity contribution is 0.103. The van der Waals surface area contributed by atoms with Gasteiger partial charge < -0.3 is 0 Å². The van der Waals surface area contributed by atoms with Crippen LogP contribution in [-0.4, -0.2) is 11.6 Å². The standard InChI is InChI=1S/C39H24F2O2/c40-31-17-11-25(12-18-31)37(42)27-15-21-33-34-22-16-28(38(43)26-13-19-32(41)20-14-26)24-36(34)39(35(33)23-27,29-7-3-1-4-8-29)30-9-5-2-6-10-30/h1-24H. The predicted octanol–water partition coefficient (Wildman–Crippen LogP) is 8.79. The lowest BCUT2D eigenvalue weighted by Gasteiger charge is -2.34. The highest BCUT2D eigenvalue weighted by Crippen LogP contribution is 2.56.